The zero-order valence-corrected chi connectivity index (χ0v) is 19.6. The number of sulfonamides is 1. The zero-order valence-electron chi connectivity index (χ0n) is 18.8. The quantitative estimate of drug-likeness (QED) is 0.521. The van der Waals surface area contributed by atoms with Crippen LogP contribution in [0.15, 0.2) is 83.8 Å². The van der Waals surface area contributed by atoms with Crippen molar-refractivity contribution in [2.24, 2.45) is 0 Å². The van der Waals surface area contributed by atoms with Crippen LogP contribution in [-0.4, -0.2) is 33.4 Å². The number of amides is 1. The van der Waals surface area contributed by atoms with Gasteiger partial charge in [-0.25, -0.2) is 13.2 Å². The van der Waals surface area contributed by atoms with Crippen LogP contribution in [0.3, 0.4) is 0 Å². The maximum atomic E-state index is 13.2. The third kappa shape index (κ3) is 5.12. The molecule has 0 saturated heterocycles. The van der Waals surface area contributed by atoms with Gasteiger partial charge in [0.15, 0.2) is 6.61 Å². The highest BCUT2D eigenvalue weighted by molar-refractivity contribution is 7.92. The summed E-state index contributed by atoms with van der Waals surface area (Å²) in [6.45, 7) is 1.81. The van der Waals surface area contributed by atoms with E-state index < -0.39 is 28.5 Å². The van der Waals surface area contributed by atoms with E-state index in [1.54, 1.807) is 0 Å². The number of fused-ring (bicyclic) bond motifs is 1. The molecule has 0 radical (unpaired) electrons. The third-order valence-corrected chi connectivity index (χ3v) is 7.58. The van der Waals surface area contributed by atoms with Crippen LogP contribution in [0.2, 0.25) is 0 Å². The lowest BCUT2D eigenvalue weighted by atomic mass is 10.0. The molecule has 4 rings (SSSR count). The number of hydrogen-bond acceptors (Lipinski definition) is 5. The van der Waals surface area contributed by atoms with Crippen molar-refractivity contribution >= 4 is 27.6 Å². The molecule has 1 atom stereocenters. The molecular weight excluding hydrogens is 452 g/mol. The molecule has 0 spiro atoms. The van der Waals surface area contributed by atoms with Crippen molar-refractivity contribution < 1.29 is 22.7 Å². The summed E-state index contributed by atoms with van der Waals surface area (Å²) in [5, 5.41) is 2.78. The highest BCUT2D eigenvalue weighted by atomic mass is 32.2. The van der Waals surface area contributed by atoms with Crippen LogP contribution >= 0.6 is 0 Å². The monoisotopic (exact) mass is 478 g/mol. The Morgan fingerprint density at radius 3 is 2.38 bits per heavy atom. The molecule has 1 unspecified atom stereocenters. The Morgan fingerprint density at radius 2 is 1.65 bits per heavy atom. The van der Waals surface area contributed by atoms with E-state index in [1.807, 2.05) is 61.5 Å². The Labute approximate surface area is 199 Å². The number of para-hydroxylation sites is 1. The van der Waals surface area contributed by atoms with E-state index in [0.29, 0.717) is 12.2 Å². The molecule has 0 bridgehead atoms. The molecule has 1 aliphatic heterocycles. The van der Waals surface area contributed by atoms with Crippen molar-refractivity contribution in [3.8, 4) is 0 Å². The Kier molecular flexibility index (Phi) is 6.98. The van der Waals surface area contributed by atoms with Gasteiger partial charge in [-0.05, 0) is 61.2 Å². The van der Waals surface area contributed by atoms with Crippen LogP contribution in [-0.2, 0) is 26.0 Å². The Morgan fingerprint density at radius 1 is 0.971 bits per heavy atom. The average molecular weight is 479 g/mol. The second kappa shape index (κ2) is 10.1. The van der Waals surface area contributed by atoms with E-state index in [2.05, 4.69) is 5.32 Å². The number of rotatable bonds is 7. The van der Waals surface area contributed by atoms with Crippen LogP contribution in [0.4, 0.5) is 5.69 Å². The van der Waals surface area contributed by atoms with E-state index in [1.165, 1.54) is 28.6 Å². The second-order valence-corrected chi connectivity index (χ2v) is 9.97. The number of carbonyl (C=O) groups is 2. The summed E-state index contributed by atoms with van der Waals surface area (Å²) < 4.78 is 33.0. The first-order chi connectivity index (χ1) is 16.4. The molecule has 8 heteroatoms. The number of anilines is 1. The average Bonchev–Trinajstić information content (AvgIpc) is 2.87. The summed E-state index contributed by atoms with van der Waals surface area (Å²) in [5.74, 6) is -1.12. The van der Waals surface area contributed by atoms with Crippen LogP contribution in [0, 0.1) is 0 Å². The van der Waals surface area contributed by atoms with Gasteiger partial charge in [-0.1, -0.05) is 48.5 Å². The van der Waals surface area contributed by atoms with Crippen molar-refractivity contribution in [1.82, 2.24) is 5.32 Å². The smallest absolute Gasteiger partial charge is 0.338 e. The molecular formula is C26H26N2O5S. The highest BCUT2D eigenvalue weighted by Gasteiger charge is 2.29. The number of nitrogens with one attached hydrogen (secondary N) is 1. The van der Waals surface area contributed by atoms with Crippen LogP contribution in [0.5, 0.6) is 0 Å². The van der Waals surface area contributed by atoms with Gasteiger partial charge in [0.25, 0.3) is 15.9 Å². The van der Waals surface area contributed by atoms with Crippen molar-refractivity contribution in [2.75, 3.05) is 17.5 Å². The maximum Gasteiger partial charge on any atom is 0.338 e. The van der Waals surface area contributed by atoms with Crippen LogP contribution in [0.1, 0.15) is 40.9 Å². The van der Waals surface area contributed by atoms with Gasteiger partial charge in [0.05, 0.1) is 22.2 Å². The molecule has 0 aliphatic carbocycles. The topological polar surface area (TPSA) is 92.8 Å². The molecule has 3 aromatic carbocycles. The number of carbonyl (C=O) groups excluding carboxylic acids is 2. The predicted molar refractivity (Wildman–Crippen MR) is 129 cm³/mol. The SMILES string of the molecule is CC(NC(=O)COC(=O)c1ccc(S(=O)(=O)N2CCCc3ccccc32)cc1)c1ccccc1. The number of aryl methyl sites for hydroxylation is 1. The maximum absolute atomic E-state index is 13.2. The first-order valence-electron chi connectivity index (χ1n) is 11.1. The van der Waals surface area contributed by atoms with Crippen LogP contribution < -0.4 is 9.62 Å². The lowest BCUT2D eigenvalue weighted by molar-refractivity contribution is -0.124. The van der Waals surface area contributed by atoms with Gasteiger partial charge in [0.2, 0.25) is 0 Å². The van der Waals surface area contributed by atoms with Gasteiger partial charge in [0, 0.05) is 6.54 Å². The number of ether oxygens (including phenoxy) is 1. The van der Waals surface area contributed by atoms with E-state index in [-0.39, 0.29) is 16.5 Å². The van der Waals surface area contributed by atoms with E-state index in [9.17, 15) is 18.0 Å². The zero-order chi connectivity index (χ0) is 24.1. The summed E-state index contributed by atoms with van der Waals surface area (Å²) in [7, 11) is -3.77. The summed E-state index contributed by atoms with van der Waals surface area (Å²) in [6.07, 6.45) is 1.58. The van der Waals surface area contributed by atoms with Gasteiger partial charge in [-0.15, -0.1) is 0 Å². The fourth-order valence-electron chi connectivity index (χ4n) is 3.96. The number of hydrogen-bond donors (Lipinski definition) is 1. The summed E-state index contributed by atoms with van der Waals surface area (Å²) in [5.41, 5.74) is 2.79. The Bertz CT molecular complexity index is 1270. The summed E-state index contributed by atoms with van der Waals surface area (Å²) in [6, 6.07) is 22.3. The minimum absolute atomic E-state index is 0.0928. The second-order valence-electron chi connectivity index (χ2n) is 8.11. The van der Waals surface area contributed by atoms with Gasteiger partial charge in [-0.2, -0.15) is 0 Å². The number of nitrogens with zero attached hydrogens (tertiary/aromatic N) is 1. The van der Waals surface area contributed by atoms with Crippen molar-refractivity contribution in [1.29, 1.82) is 0 Å². The summed E-state index contributed by atoms with van der Waals surface area (Å²) in [4.78, 5) is 24.6. The normalized spacial score (nSPS) is 14.1. The van der Waals surface area contributed by atoms with Crippen molar-refractivity contribution in [3.05, 3.63) is 95.6 Å². The van der Waals surface area contributed by atoms with Gasteiger partial charge in [-0.3, -0.25) is 9.10 Å². The van der Waals surface area contributed by atoms with Crippen molar-refractivity contribution in [2.45, 2.75) is 30.7 Å². The highest BCUT2D eigenvalue weighted by Crippen LogP contribution is 2.31. The van der Waals surface area contributed by atoms with E-state index in [4.69, 9.17) is 4.74 Å². The molecule has 0 saturated carbocycles. The molecule has 1 heterocycles. The van der Waals surface area contributed by atoms with E-state index in [0.717, 1.165) is 24.0 Å². The molecule has 1 amide bonds. The lowest BCUT2D eigenvalue weighted by Crippen LogP contribution is -2.35. The Hall–Kier alpha value is -3.65. The van der Waals surface area contributed by atoms with Gasteiger partial charge in [0.1, 0.15) is 0 Å². The first-order valence-corrected chi connectivity index (χ1v) is 12.5. The fourth-order valence-corrected chi connectivity index (χ4v) is 5.50. The molecule has 176 valence electrons. The lowest BCUT2D eigenvalue weighted by Gasteiger charge is -2.30. The predicted octanol–water partition coefficient (Wildman–Crippen LogP) is 3.86. The van der Waals surface area contributed by atoms with E-state index >= 15 is 0 Å². The minimum atomic E-state index is -3.77. The largest absolute Gasteiger partial charge is 0.452 e. The number of benzene rings is 3. The number of esters is 1. The first kappa shape index (κ1) is 23.5. The molecule has 7 nitrogen and oxygen atoms in total. The Balaban J connectivity index is 1.38. The van der Waals surface area contributed by atoms with Gasteiger partial charge >= 0.3 is 5.97 Å². The molecule has 1 aliphatic rings. The summed E-state index contributed by atoms with van der Waals surface area (Å²) >= 11 is 0. The van der Waals surface area contributed by atoms with Crippen LogP contribution in [0.25, 0.3) is 0 Å². The fraction of sp³-hybridized carbons (Fsp3) is 0.231. The standard InChI is InChI=1S/C26H26N2O5S/c1-19(20-8-3-2-4-9-20)27-25(29)18-33-26(30)22-13-15-23(16-14-22)34(31,32)28-17-7-11-21-10-5-6-12-24(21)28/h2-6,8-10,12-16,19H,7,11,17-18H2,1H3,(H,27,29). The molecule has 3 aromatic rings. The van der Waals surface area contributed by atoms with Gasteiger partial charge < -0.3 is 10.1 Å². The minimum Gasteiger partial charge on any atom is -0.452 e. The van der Waals surface area contributed by atoms with Crippen molar-refractivity contribution in [3.63, 3.8) is 0 Å². The molecule has 1 N–H and O–H groups in total. The molecule has 34 heavy (non-hydrogen) atoms. The molecule has 0 fully saturated rings. The molecule has 0 aromatic heterocycles. The third-order valence-electron chi connectivity index (χ3n) is 5.76.